The molecule has 0 saturated carbocycles. The van der Waals surface area contributed by atoms with Gasteiger partial charge in [-0.1, -0.05) is 18.2 Å². The van der Waals surface area contributed by atoms with Crippen LogP contribution in [0.4, 0.5) is 11.4 Å². The van der Waals surface area contributed by atoms with Crippen LogP contribution in [-0.2, 0) is 4.79 Å². The first-order chi connectivity index (χ1) is 15.0. The Morgan fingerprint density at radius 1 is 0.806 bits per heavy atom. The van der Waals surface area contributed by atoms with E-state index in [9.17, 15) is 9.59 Å². The van der Waals surface area contributed by atoms with Crippen LogP contribution in [0.1, 0.15) is 17.3 Å². The molecule has 0 spiro atoms. The standard InChI is InChI=1S/C24H24N2O4S/c1-16(23(27)25-18-8-5-11-21(14-18)30-3)31-22-12-6-9-19(15-22)26-24(28)17-7-4-10-20(13-17)29-2/h4-16H,1-3H3,(H,25,27)(H,26,28). The van der Waals surface area contributed by atoms with Gasteiger partial charge in [0, 0.05) is 27.9 Å². The zero-order chi connectivity index (χ0) is 22.2. The van der Waals surface area contributed by atoms with Crippen molar-refractivity contribution in [3.63, 3.8) is 0 Å². The van der Waals surface area contributed by atoms with Gasteiger partial charge in [0.25, 0.3) is 5.91 Å². The smallest absolute Gasteiger partial charge is 0.255 e. The van der Waals surface area contributed by atoms with Gasteiger partial charge in [0.05, 0.1) is 19.5 Å². The molecule has 3 rings (SSSR count). The van der Waals surface area contributed by atoms with Crippen molar-refractivity contribution >= 4 is 35.0 Å². The molecule has 6 nitrogen and oxygen atoms in total. The molecule has 160 valence electrons. The highest BCUT2D eigenvalue weighted by Crippen LogP contribution is 2.27. The Morgan fingerprint density at radius 3 is 2.13 bits per heavy atom. The Morgan fingerprint density at radius 2 is 1.42 bits per heavy atom. The highest BCUT2D eigenvalue weighted by Gasteiger charge is 2.15. The van der Waals surface area contributed by atoms with Gasteiger partial charge in [-0.15, -0.1) is 11.8 Å². The maximum Gasteiger partial charge on any atom is 0.255 e. The predicted molar refractivity (Wildman–Crippen MR) is 124 cm³/mol. The molecule has 0 heterocycles. The van der Waals surface area contributed by atoms with E-state index >= 15 is 0 Å². The van der Waals surface area contributed by atoms with Crippen LogP contribution in [0.2, 0.25) is 0 Å². The summed E-state index contributed by atoms with van der Waals surface area (Å²) in [5.74, 6) is 0.944. The SMILES string of the molecule is COc1cccc(NC(=O)C(C)Sc2cccc(NC(=O)c3cccc(OC)c3)c2)c1. The molecule has 0 radical (unpaired) electrons. The summed E-state index contributed by atoms with van der Waals surface area (Å²) in [6.07, 6.45) is 0. The Bertz CT molecular complexity index is 1070. The van der Waals surface area contributed by atoms with Crippen LogP contribution >= 0.6 is 11.8 Å². The van der Waals surface area contributed by atoms with Crippen LogP contribution in [0, 0.1) is 0 Å². The van der Waals surface area contributed by atoms with Gasteiger partial charge in [-0.3, -0.25) is 9.59 Å². The van der Waals surface area contributed by atoms with E-state index in [0.717, 1.165) is 4.90 Å². The molecule has 2 amide bonds. The summed E-state index contributed by atoms with van der Waals surface area (Å²) in [4.78, 5) is 26.0. The first-order valence-corrected chi connectivity index (χ1v) is 10.5. The second-order valence-electron chi connectivity index (χ2n) is 6.70. The Kier molecular flexibility index (Phi) is 7.56. The molecule has 1 atom stereocenters. The fraction of sp³-hybridized carbons (Fsp3) is 0.167. The van der Waals surface area contributed by atoms with Gasteiger partial charge in [0.15, 0.2) is 0 Å². The van der Waals surface area contributed by atoms with E-state index in [1.807, 2.05) is 49.4 Å². The Hall–Kier alpha value is -3.45. The van der Waals surface area contributed by atoms with Crippen molar-refractivity contribution in [1.82, 2.24) is 0 Å². The molecule has 0 saturated heterocycles. The van der Waals surface area contributed by atoms with Crippen molar-refractivity contribution in [2.45, 2.75) is 17.1 Å². The van der Waals surface area contributed by atoms with Gasteiger partial charge in [0.2, 0.25) is 5.91 Å². The lowest BCUT2D eigenvalue weighted by Gasteiger charge is -2.13. The quantitative estimate of drug-likeness (QED) is 0.482. The molecule has 0 aliphatic heterocycles. The number of methoxy groups -OCH3 is 2. The van der Waals surface area contributed by atoms with Crippen molar-refractivity contribution < 1.29 is 19.1 Å². The predicted octanol–water partition coefficient (Wildman–Crippen LogP) is 5.08. The molecule has 31 heavy (non-hydrogen) atoms. The summed E-state index contributed by atoms with van der Waals surface area (Å²) in [7, 11) is 3.14. The summed E-state index contributed by atoms with van der Waals surface area (Å²) in [6.45, 7) is 1.83. The van der Waals surface area contributed by atoms with E-state index in [4.69, 9.17) is 9.47 Å². The van der Waals surface area contributed by atoms with Crippen LogP contribution in [0.25, 0.3) is 0 Å². The Labute approximate surface area is 186 Å². The summed E-state index contributed by atoms with van der Waals surface area (Å²) >= 11 is 1.41. The lowest BCUT2D eigenvalue weighted by atomic mass is 10.2. The third-order valence-electron chi connectivity index (χ3n) is 4.44. The highest BCUT2D eigenvalue weighted by molar-refractivity contribution is 8.00. The minimum absolute atomic E-state index is 0.121. The van der Waals surface area contributed by atoms with Gasteiger partial charge < -0.3 is 20.1 Å². The van der Waals surface area contributed by atoms with E-state index in [0.29, 0.717) is 28.4 Å². The fourth-order valence-electron chi connectivity index (χ4n) is 2.82. The number of nitrogens with one attached hydrogen (secondary N) is 2. The average molecular weight is 437 g/mol. The molecule has 0 aliphatic rings. The number of hydrogen-bond acceptors (Lipinski definition) is 5. The summed E-state index contributed by atoms with van der Waals surface area (Å²) in [6, 6.07) is 21.6. The first kappa shape index (κ1) is 22.2. The van der Waals surface area contributed by atoms with Crippen molar-refractivity contribution in [3.05, 3.63) is 78.4 Å². The molecular weight excluding hydrogens is 412 g/mol. The molecule has 0 aliphatic carbocycles. The zero-order valence-electron chi connectivity index (χ0n) is 17.5. The normalized spacial score (nSPS) is 11.3. The number of carbonyl (C=O) groups is 2. The van der Waals surface area contributed by atoms with Crippen LogP contribution < -0.4 is 20.1 Å². The average Bonchev–Trinajstić information content (AvgIpc) is 2.79. The minimum atomic E-state index is -0.337. The highest BCUT2D eigenvalue weighted by atomic mass is 32.2. The molecular formula is C24H24N2O4S. The summed E-state index contributed by atoms with van der Waals surface area (Å²) in [5.41, 5.74) is 1.83. The number of amides is 2. The third-order valence-corrected chi connectivity index (χ3v) is 5.54. The van der Waals surface area contributed by atoms with Gasteiger partial charge in [-0.25, -0.2) is 0 Å². The molecule has 3 aromatic rings. The summed E-state index contributed by atoms with van der Waals surface area (Å²) in [5, 5.41) is 5.44. The number of ether oxygens (including phenoxy) is 2. The van der Waals surface area contributed by atoms with Crippen LogP contribution in [0.15, 0.2) is 77.7 Å². The van der Waals surface area contributed by atoms with Crippen molar-refractivity contribution in [2.75, 3.05) is 24.9 Å². The Balaban J connectivity index is 1.62. The van der Waals surface area contributed by atoms with E-state index < -0.39 is 0 Å². The maximum absolute atomic E-state index is 12.6. The van der Waals surface area contributed by atoms with Gasteiger partial charge >= 0.3 is 0 Å². The van der Waals surface area contributed by atoms with Crippen LogP contribution in [-0.4, -0.2) is 31.3 Å². The van der Waals surface area contributed by atoms with Crippen molar-refractivity contribution in [2.24, 2.45) is 0 Å². The number of benzene rings is 3. The van der Waals surface area contributed by atoms with Crippen LogP contribution in [0.5, 0.6) is 11.5 Å². The molecule has 0 aromatic heterocycles. The molecule has 1 unspecified atom stereocenters. The lowest BCUT2D eigenvalue weighted by molar-refractivity contribution is -0.115. The van der Waals surface area contributed by atoms with Crippen molar-refractivity contribution in [3.8, 4) is 11.5 Å². The molecule has 0 bridgehead atoms. The number of thioether (sulfide) groups is 1. The topological polar surface area (TPSA) is 76.7 Å². The van der Waals surface area contributed by atoms with Gasteiger partial charge in [0.1, 0.15) is 11.5 Å². The molecule has 2 N–H and O–H groups in total. The summed E-state index contributed by atoms with van der Waals surface area (Å²) < 4.78 is 10.4. The zero-order valence-corrected chi connectivity index (χ0v) is 18.4. The van der Waals surface area contributed by atoms with Crippen LogP contribution in [0.3, 0.4) is 0 Å². The maximum atomic E-state index is 12.6. The molecule has 0 fully saturated rings. The van der Waals surface area contributed by atoms with Crippen molar-refractivity contribution in [1.29, 1.82) is 0 Å². The molecule has 7 heteroatoms. The van der Waals surface area contributed by atoms with E-state index in [2.05, 4.69) is 10.6 Å². The number of hydrogen-bond donors (Lipinski definition) is 2. The number of carbonyl (C=O) groups excluding carboxylic acids is 2. The van der Waals surface area contributed by atoms with E-state index in [-0.39, 0.29) is 17.1 Å². The minimum Gasteiger partial charge on any atom is -0.497 e. The second-order valence-corrected chi connectivity index (χ2v) is 8.11. The van der Waals surface area contributed by atoms with E-state index in [1.54, 1.807) is 44.6 Å². The monoisotopic (exact) mass is 436 g/mol. The third kappa shape index (κ3) is 6.26. The molecule has 3 aromatic carbocycles. The lowest BCUT2D eigenvalue weighted by Crippen LogP contribution is -2.22. The largest absolute Gasteiger partial charge is 0.497 e. The van der Waals surface area contributed by atoms with E-state index in [1.165, 1.54) is 11.8 Å². The van der Waals surface area contributed by atoms with Gasteiger partial charge in [-0.2, -0.15) is 0 Å². The first-order valence-electron chi connectivity index (χ1n) is 9.65. The van der Waals surface area contributed by atoms with Gasteiger partial charge in [-0.05, 0) is 55.5 Å². The number of rotatable bonds is 8. The number of anilines is 2. The fourth-order valence-corrected chi connectivity index (χ4v) is 3.74. The second kappa shape index (κ2) is 10.5.